The fourth-order valence-corrected chi connectivity index (χ4v) is 1.15. The summed E-state index contributed by atoms with van der Waals surface area (Å²) in [5.41, 5.74) is 0. The minimum absolute atomic E-state index is 0.252. The zero-order valence-electron chi connectivity index (χ0n) is 7.48. The first-order chi connectivity index (χ1) is 6.65. The Hall–Kier alpha value is -0.910. The summed E-state index contributed by atoms with van der Waals surface area (Å²) in [7, 11) is 0. The Morgan fingerprint density at radius 1 is 1.36 bits per heavy atom. The predicted octanol–water partition coefficient (Wildman–Crippen LogP) is 2.27. The number of hydrogen-bond donors (Lipinski definition) is 1. The molecular formula is C8H9F3N2S. The van der Waals surface area contributed by atoms with Crippen LogP contribution in [0.15, 0.2) is 6.07 Å². The second-order valence-electron chi connectivity index (χ2n) is 2.51. The summed E-state index contributed by atoms with van der Waals surface area (Å²) >= 11 is 1.55. The second-order valence-corrected chi connectivity index (χ2v) is 3.50. The van der Waals surface area contributed by atoms with Crippen molar-refractivity contribution in [3.05, 3.63) is 23.6 Å². The lowest BCUT2D eigenvalue weighted by Gasteiger charge is -2.05. The van der Waals surface area contributed by atoms with Gasteiger partial charge in [-0.15, -0.1) is 0 Å². The predicted molar refractivity (Wildman–Crippen MR) is 51.0 cm³/mol. The van der Waals surface area contributed by atoms with E-state index in [0.29, 0.717) is 12.6 Å². The summed E-state index contributed by atoms with van der Waals surface area (Å²) < 4.78 is 37.9. The van der Waals surface area contributed by atoms with Gasteiger partial charge < -0.3 is 5.32 Å². The van der Waals surface area contributed by atoms with Crippen molar-refractivity contribution in [2.45, 2.75) is 0 Å². The van der Waals surface area contributed by atoms with Crippen molar-refractivity contribution < 1.29 is 13.2 Å². The van der Waals surface area contributed by atoms with E-state index in [1.807, 2.05) is 6.26 Å². The van der Waals surface area contributed by atoms with Gasteiger partial charge in [-0.1, -0.05) is 0 Å². The molecule has 0 aromatic carbocycles. The Balaban J connectivity index is 2.72. The van der Waals surface area contributed by atoms with Crippen molar-refractivity contribution in [1.29, 1.82) is 0 Å². The first-order valence-electron chi connectivity index (χ1n) is 3.89. The van der Waals surface area contributed by atoms with Crippen molar-refractivity contribution in [2.24, 2.45) is 0 Å². The first kappa shape index (κ1) is 11.2. The number of nitrogens with one attached hydrogen (secondary N) is 1. The van der Waals surface area contributed by atoms with Crippen molar-refractivity contribution in [1.82, 2.24) is 4.98 Å². The molecule has 2 nitrogen and oxygen atoms in total. The van der Waals surface area contributed by atoms with Crippen LogP contribution < -0.4 is 5.32 Å². The van der Waals surface area contributed by atoms with Crippen LogP contribution in [0.2, 0.25) is 0 Å². The summed E-state index contributed by atoms with van der Waals surface area (Å²) in [5.74, 6) is -2.97. The highest BCUT2D eigenvalue weighted by atomic mass is 32.2. The van der Waals surface area contributed by atoms with E-state index in [2.05, 4.69) is 10.3 Å². The summed E-state index contributed by atoms with van der Waals surface area (Å²) in [4.78, 5) is 3.11. The highest BCUT2D eigenvalue weighted by molar-refractivity contribution is 7.98. The van der Waals surface area contributed by atoms with Crippen LogP contribution >= 0.6 is 11.8 Å². The van der Waals surface area contributed by atoms with Crippen LogP contribution in [0, 0.1) is 17.6 Å². The van der Waals surface area contributed by atoms with E-state index in [4.69, 9.17) is 0 Å². The monoisotopic (exact) mass is 222 g/mol. The van der Waals surface area contributed by atoms with E-state index in [1.165, 1.54) is 0 Å². The van der Waals surface area contributed by atoms with Gasteiger partial charge in [0.25, 0.3) is 5.95 Å². The number of halogens is 3. The fourth-order valence-electron chi connectivity index (χ4n) is 0.840. The Labute approximate surface area is 83.9 Å². The SMILES string of the molecule is CSCCNc1nc(F)c(F)cc1F. The van der Waals surface area contributed by atoms with E-state index in [0.717, 1.165) is 5.75 Å². The summed E-state index contributed by atoms with van der Waals surface area (Å²) in [5, 5.41) is 2.57. The molecule has 0 fully saturated rings. The average molecular weight is 222 g/mol. The highest BCUT2D eigenvalue weighted by Gasteiger charge is 2.10. The van der Waals surface area contributed by atoms with Gasteiger partial charge in [-0.2, -0.15) is 21.1 Å². The van der Waals surface area contributed by atoms with Gasteiger partial charge in [0, 0.05) is 18.4 Å². The van der Waals surface area contributed by atoms with Crippen molar-refractivity contribution >= 4 is 17.6 Å². The Morgan fingerprint density at radius 3 is 2.71 bits per heavy atom. The van der Waals surface area contributed by atoms with Gasteiger partial charge in [0.05, 0.1) is 0 Å². The van der Waals surface area contributed by atoms with Crippen molar-refractivity contribution in [3.63, 3.8) is 0 Å². The first-order valence-corrected chi connectivity index (χ1v) is 5.29. The fraction of sp³-hybridized carbons (Fsp3) is 0.375. The molecule has 0 saturated heterocycles. The Morgan fingerprint density at radius 2 is 2.07 bits per heavy atom. The number of thioether (sulfide) groups is 1. The maximum atomic E-state index is 12.9. The molecule has 1 aromatic rings. The van der Waals surface area contributed by atoms with E-state index < -0.39 is 17.6 Å². The summed E-state index contributed by atoms with van der Waals surface area (Å²) in [6, 6.07) is 0.476. The van der Waals surface area contributed by atoms with Crippen molar-refractivity contribution in [3.8, 4) is 0 Å². The van der Waals surface area contributed by atoms with E-state index in [-0.39, 0.29) is 5.82 Å². The molecule has 0 atom stereocenters. The van der Waals surface area contributed by atoms with Crippen LogP contribution in [-0.2, 0) is 0 Å². The highest BCUT2D eigenvalue weighted by Crippen LogP contribution is 2.13. The summed E-state index contributed by atoms with van der Waals surface area (Å²) in [6.07, 6.45) is 1.89. The molecule has 0 aliphatic heterocycles. The molecule has 0 saturated carbocycles. The van der Waals surface area contributed by atoms with Gasteiger partial charge in [0.1, 0.15) is 0 Å². The molecule has 0 radical (unpaired) electrons. The second kappa shape index (κ2) is 5.09. The molecule has 1 heterocycles. The summed E-state index contributed by atoms with van der Waals surface area (Å²) in [6.45, 7) is 0.455. The molecule has 14 heavy (non-hydrogen) atoms. The third-order valence-corrected chi connectivity index (χ3v) is 2.10. The molecule has 1 aromatic heterocycles. The Bertz CT molecular complexity index is 320. The molecule has 78 valence electrons. The number of rotatable bonds is 4. The van der Waals surface area contributed by atoms with Gasteiger partial charge in [0.2, 0.25) is 0 Å². The number of anilines is 1. The quantitative estimate of drug-likeness (QED) is 0.625. The Kier molecular flexibility index (Phi) is 4.06. The molecule has 1 N–H and O–H groups in total. The van der Waals surface area contributed by atoms with Crippen LogP contribution in [0.4, 0.5) is 19.0 Å². The molecule has 0 unspecified atom stereocenters. The van der Waals surface area contributed by atoms with E-state index in [1.54, 1.807) is 11.8 Å². The molecule has 0 aliphatic carbocycles. The van der Waals surface area contributed by atoms with E-state index >= 15 is 0 Å². The molecular weight excluding hydrogens is 213 g/mol. The van der Waals surface area contributed by atoms with Crippen LogP contribution in [0.3, 0.4) is 0 Å². The van der Waals surface area contributed by atoms with Crippen LogP contribution in [0.1, 0.15) is 0 Å². The molecule has 6 heteroatoms. The lowest BCUT2D eigenvalue weighted by atomic mass is 10.4. The molecule has 0 bridgehead atoms. The van der Waals surface area contributed by atoms with Crippen LogP contribution in [0.25, 0.3) is 0 Å². The molecule has 1 rings (SSSR count). The van der Waals surface area contributed by atoms with Gasteiger partial charge in [0.15, 0.2) is 17.5 Å². The molecule has 0 aliphatic rings. The van der Waals surface area contributed by atoms with Gasteiger partial charge in [-0.3, -0.25) is 0 Å². The lowest BCUT2D eigenvalue weighted by Crippen LogP contribution is -2.09. The van der Waals surface area contributed by atoms with Crippen molar-refractivity contribution in [2.75, 3.05) is 23.9 Å². The largest absolute Gasteiger partial charge is 0.367 e. The number of aromatic nitrogens is 1. The van der Waals surface area contributed by atoms with E-state index in [9.17, 15) is 13.2 Å². The van der Waals surface area contributed by atoms with Crippen LogP contribution in [0.5, 0.6) is 0 Å². The third-order valence-electron chi connectivity index (χ3n) is 1.49. The van der Waals surface area contributed by atoms with Gasteiger partial charge in [-0.25, -0.2) is 8.78 Å². The minimum atomic E-state index is -1.29. The zero-order valence-corrected chi connectivity index (χ0v) is 8.30. The number of hydrogen-bond acceptors (Lipinski definition) is 3. The average Bonchev–Trinajstić information content (AvgIpc) is 2.14. The number of nitrogens with zero attached hydrogens (tertiary/aromatic N) is 1. The maximum Gasteiger partial charge on any atom is 0.251 e. The molecule has 0 amide bonds. The van der Waals surface area contributed by atoms with Crippen LogP contribution in [-0.4, -0.2) is 23.5 Å². The lowest BCUT2D eigenvalue weighted by molar-refractivity contribution is 0.466. The molecule has 0 spiro atoms. The topological polar surface area (TPSA) is 24.9 Å². The smallest absolute Gasteiger partial charge is 0.251 e. The van der Waals surface area contributed by atoms with Gasteiger partial charge in [-0.05, 0) is 6.26 Å². The minimum Gasteiger partial charge on any atom is -0.367 e. The standard InChI is InChI=1S/C8H9F3N2S/c1-14-3-2-12-8-6(10)4-5(9)7(11)13-8/h4H,2-3H2,1H3,(H,12,13). The number of pyridine rings is 1. The maximum absolute atomic E-state index is 12.9. The van der Waals surface area contributed by atoms with Gasteiger partial charge >= 0.3 is 0 Å². The third kappa shape index (κ3) is 2.80. The normalized spacial score (nSPS) is 10.3. The zero-order chi connectivity index (χ0) is 10.6.